The van der Waals surface area contributed by atoms with Crippen molar-refractivity contribution in [3.05, 3.63) is 59.7 Å². The number of rotatable bonds is 8. The molecule has 0 heterocycles. The van der Waals surface area contributed by atoms with Gasteiger partial charge >= 0.3 is 12.1 Å². The smallest absolute Gasteiger partial charge is 0.407 e. The summed E-state index contributed by atoms with van der Waals surface area (Å²) in [5.74, 6) is -1.69. The zero-order valence-corrected chi connectivity index (χ0v) is 19.5. The van der Waals surface area contributed by atoms with Gasteiger partial charge in [0.05, 0.1) is 0 Å². The van der Waals surface area contributed by atoms with E-state index in [1.807, 2.05) is 24.3 Å². The second-order valence-corrected chi connectivity index (χ2v) is 9.34. The normalized spacial score (nSPS) is 19.9. The van der Waals surface area contributed by atoms with Gasteiger partial charge in [0, 0.05) is 24.4 Å². The van der Waals surface area contributed by atoms with Crippen LogP contribution in [0.1, 0.15) is 36.3 Å². The molecule has 3 N–H and O–H groups in total. The molecule has 1 saturated carbocycles. The Morgan fingerprint density at radius 3 is 2.24 bits per heavy atom. The molecular weight excluding hydrogens is 434 g/mol. The van der Waals surface area contributed by atoms with Gasteiger partial charge in [0.2, 0.25) is 5.91 Å². The van der Waals surface area contributed by atoms with Gasteiger partial charge in [0.1, 0.15) is 12.6 Å². The van der Waals surface area contributed by atoms with E-state index in [4.69, 9.17) is 4.74 Å². The second-order valence-electron chi connectivity index (χ2n) is 9.34. The first-order chi connectivity index (χ1) is 16.3. The minimum Gasteiger partial charge on any atom is -0.480 e. The number of benzene rings is 2. The van der Waals surface area contributed by atoms with Crippen LogP contribution in [-0.4, -0.2) is 67.3 Å². The molecule has 8 heteroatoms. The Hall–Kier alpha value is -3.39. The minimum atomic E-state index is -1.06. The van der Waals surface area contributed by atoms with Crippen LogP contribution in [0.4, 0.5) is 4.79 Å². The number of hydrogen-bond donors (Lipinski definition) is 3. The van der Waals surface area contributed by atoms with Gasteiger partial charge in [0.25, 0.3) is 0 Å². The quantitative estimate of drug-likeness (QED) is 0.553. The van der Waals surface area contributed by atoms with E-state index in [1.54, 1.807) is 19.0 Å². The summed E-state index contributed by atoms with van der Waals surface area (Å²) in [6.07, 6.45) is 1.20. The molecule has 0 aromatic heterocycles. The Kier molecular flexibility index (Phi) is 7.17. The van der Waals surface area contributed by atoms with Crippen molar-refractivity contribution in [2.24, 2.45) is 5.92 Å². The third-order valence-corrected chi connectivity index (χ3v) is 6.63. The fourth-order valence-electron chi connectivity index (χ4n) is 5.00. The molecule has 2 aliphatic rings. The number of hydrogen-bond acceptors (Lipinski definition) is 5. The Balaban J connectivity index is 1.29. The van der Waals surface area contributed by atoms with Crippen LogP contribution in [0.25, 0.3) is 11.1 Å². The first-order valence-corrected chi connectivity index (χ1v) is 11.6. The number of fused-ring (bicyclic) bond motifs is 3. The van der Waals surface area contributed by atoms with Crippen LogP contribution >= 0.6 is 0 Å². The average molecular weight is 466 g/mol. The number of aliphatic carboxylic acids is 1. The maximum atomic E-state index is 12.6. The third-order valence-electron chi connectivity index (χ3n) is 6.63. The highest BCUT2D eigenvalue weighted by atomic mass is 16.5. The molecule has 0 bridgehead atoms. The summed E-state index contributed by atoms with van der Waals surface area (Å²) in [4.78, 5) is 38.2. The van der Waals surface area contributed by atoms with Crippen molar-refractivity contribution in [1.29, 1.82) is 0 Å². The highest BCUT2D eigenvalue weighted by molar-refractivity contribution is 5.85. The van der Waals surface area contributed by atoms with E-state index >= 15 is 0 Å². The van der Waals surface area contributed by atoms with E-state index in [1.165, 1.54) is 11.1 Å². The predicted octanol–water partition coefficient (Wildman–Crippen LogP) is 2.82. The SMILES string of the molecule is CN(C)C[C@H](NC(=O)C1CCC(NC(=O)OCC2c3ccccc3-c3ccccc32)C1)C(=O)O. The summed E-state index contributed by atoms with van der Waals surface area (Å²) in [6.45, 7) is 0.455. The number of carboxylic acids is 1. The van der Waals surface area contributed by atoms with Gasteiger partial charge < -0.3 is 25.4 Å². The van der Waals surface area contributed by atoms with Crippen molar-refractivity contribution < 1.29 is 24.2 Å². The maximum absolute atomic E-state index is 12.6. The van der Waals surface area contributed by atoms with Crippen LogP contribution in [0.2, 0.25) is 0 Å². The third kappa shape index (κ3) is 5.22. The zero-order valence-electron chi connectivity index (χ0n) is 19.5. The van der Waals surface area contributed by atoms with E-state index in [0.29, 0.717) is 19.3 Å². The molecular formula is C26H31N3O5. The number of nitrogens with zero attached hydrogens (tertiary/aromatic N) is 1. The second kappa shape index (κ2) is 10.3. The largest absolute Gasteiger partial charge is 0.480 e. The van der Waals surface area contributed by atoms with Gasteiger partial charge in [-0.2, -0.15) is 0 Å². The number of carbonyl (C=O) groups excluding carboxylic acids is 2. The lowest BCUT2D eigenvalue weighted by atomic mass is 9.98. The van der Waals surface area contributed by atoms with E-state index in [9.17, 15) is 19.5 Å². The minimum absolute atomic E-state index is 0.00935. The summed E-state index contributed by atoms with van der Waals surface area (Å²) in [5, 5.41) is 14.8. The summed E-state index contributed by atoms with van der Waals surface area (Å²) < 4.78 is 5.60. The van der Waals surface area contributed by atoms with Crippen LogP contribution in [0.5, 0.6) is 0 Å². The van der Waals surface area contributed by atoms with Crippen LogP contribution in [0, 0.1) is 5.92 Å². The molecule has 1 fully saturated rings. The Labute approximate surface area is 199 Å². The topological polar surface area (TPSA) is 108 Å². The fraction of sp³-hybridized carbons (Fsp3) is 0.423. The Morgan fingerprint density at radius 1 is 1.03 bits per heavy atom. The van der Waals surface area contributed by atoms with Crippen molar-refractivity contribution >= 4 is 18.0 Å². The van der Waals surface area contributed by atoms with Crippen LogP contribution < -0.4 is 10.6 Å². The monoisotopic (exact) mass is 465 g/mol. The number of carbonyl (C=O) groups is 3. The molecule has 2 unspecified atom stereocenters. The Bertz CT molecular complexity index is 1020. The first kappa shape index (κ1) is 23.8. The summed E-state index contributed by atoms with van der Waals surface area (Å²) in [6, 6.07) is 15.2. The van der Waals surface area contributed by atoms with E-state index in [2.05, 4.69) is 34.9 Å². The van der Waals surface area contributed by atoms with Gasteiger partial charge in [-0.1, -0.05) is 48.5 Å². The highest BCUT2D eigenvalue weighted by Crippen LogP contribution is 2.44. The van der Waals surface area contributed by atoms with Crippen molar-refractivity contribution in [1.82, 2.24) is 15.5 Å². The fourth-order valence-corrected chi connectivity index (χ4v) is 5.00. The molecule has 8 nitrogen and oxygen atoms in total. The van der Waals surface area contributed by atoms with Crippen LogP contribution in [0.3, 0.4) is 0 Å². The van der Waals surface area contributed by atoms with Gasteiger partial charge in [-0.05, 0) is 55.6 Å². The molecule has 2 aromatic rings. The lowest BCUT2D eigenvalue weighted by molar-refractivity contribution is -0.142. The van der Waals surface area contributed by atoms with Crippen molar-refractivity contribution in [3.8, 4) is 11.1 Å². The zero-order chi connectivity index (χ0) is 24.2. The molecule has 2 aliphatic carbocycles. The standard InChI is InChI=1S/C26H31N3O5/c1-29(2)14-23(25(31)32)28-24(30)16-11-12-17(13-16)27-26(33)34-15-22-20-9-5-3-7-18(20)19-8-4-6-10-21(19)22/h3-10,16-17,22-23H,11-15H2,1-2H3,(H,27,33)(H,28,30)(H,31,32)/t16?,17?,23-/m0/s1. The number of alkyl carbamates (subject to hydrolysis) is 1. The summed E-state index contributed by atoms with van der Waals surface area (Å²) >= 11 is 0. The molecule has 180 valence electrons. The maximum Gasteiger partial charge on any atom is 0.407 e. The molecule has 0 saturated heterocycles. The van der Waals surface area contributed by atoms with E-state index in [-0.39, 0.29) is 36.9 Å². The average Bonchev–Trinajstić information content (AvgIpc) is 3.39. The van der Waals surface area contributed by atoms with Gasteiger partial charge in [-0.25, -0.2) is 9.59 Å². The summed E-state index contributed by atoms with van der Waals surface area (Å²) in [7, 11) is 3.51. The van der Waals surface area contributed by atoms with Crippen LogP contribution in [-0.2, 0) is 14.3 Å². The van der Waals surface area contributed by atoms with Crippen LogP contribution in [0.15, 0.2) is 48.5 Å². The van der Waals surface area contributed by atoms with Gasteiger partial charge in [-0.3, -0.25) is 4.79 Å². The highest BCUT2D eigenvalue weighted by Gasteiger charge is 2.34. The molecule has 4 rings (SSSR count). The number of nitrogens with one attached hydrogen (secondary N) is 2. The molecule has 0 radical (unpaired) electrons. The first-order valence-electron chi connectivity index (χ1n) is 11.6. The molecule has 3 atom stereocenters. The molecule has 34 heavy (non-hydrogen) atoms. The van der Waals surface area contributed by atoms with Crippen molar-refractivity contribution in [2.45, 2.75) is 37.3 Å². The number of likely N-dealkylation sites (N-methyl/N-ethyl adjacent to an activating group) is 1. The van der Waals surface area contributed by atoms with Crippen molar-refractivity contribution in [3.63, 3.8) is 0 Å². The molecule has 0 aliphatic heterocycles. The van der Waals surface area contributed by atoms with Crippen molar-refractivity contribution in [2.75, 3.05) is 27.2 Å². The van der Waals surface area contributed by atoms with Gasteiger partial charge in [-0.15, -0.1) is 0 Å². The lowest BCUT2D eigenvalue weighted by Crippen LogP contribution is -2.48. The molecule has 2 aromatic carbocycles. The number of ether oxygens (including phenoxy) is 1. The van der Waals surface area contributed by atoms with E-state index < -0.39 is 18.1 Å². The number of carboxylic acid groups (broad SMARTS) is 1. The molecule has 2 amide bonds. The molecule has 0 spiro atoms. The van der Waals surface area contributed by atoms with E-state index in [0.717, 1.165) is 11.1 Å². The predicted molar refractivity (Wildman–Crippen MR) is 127 cm³/mol. The summed E-state index contributed by atoms with van der Waals surface area (Å²) in [5.41, 5.74) is 4.65. The Morgan fingerprint density at radius 2 is 1.65 bits per heavy atom. The lowest BCUT2D eigenvalue weighted by Gasteiger charge is -2.20. The van der Waals surface area contributed by atoms with Gasteiger partial charge in [0.15, 0.2) is 0 Å². The number of amides is 2.